The molecule has 2 aromatic carbocycles. The van der Waals surface area contributed by atoms with E-state index >= 15 is 0 Å². The molecular formula is C28H38N2O5. The van der Waals surface area contributed by atoms with Crippen molar-refractivity contribution < 1.29 is 23.8 Å². The van der Waals surface area contributed by atoms with E-state index in [4.69, 9.17) is 14.2 Å². The third kappa shape index (κ3) is 7.38. The number of aryl methyl sites for hydroxylation is 1. The second-order valence-corrected chi connectivity index (χ2v) is 9.08. The molecule has 1 saturated carbocycles. The zero-order valence-corrected chi connectivity index (χ0v) is 21.3. The second kappa shape index (κ2) is 13.0. The predicted molar refractivity (Wildman–Crippen MR) is 136 cm³/mol. The average molecular weight is 483 g/mol. The van der Waals surface area contributed by atoms with Crippen LogP contribution in [0.2, 0.25) is 0 Å². The molecule has 0 radical (unpaired) electrons. The van der Waals surface area contributed by atoms with Gasteiger partial charge in [0.15, 0.2) is 11.5 Å². The van der Waals surface area contributed by atoms with Gasteiger partial charge < -0.3 is 24.4 Å². The number of benzene rings is 2. The number of carbonyl (C=O) groups is 2. The Hall–Kier alpha value is -3.22. The zero-order valence-electron chi connectivity index (χ0n) is 21.3. The lowest BCUT2D eigenvalue weighted by Gasteiger charge is -2.31. The van der Waals surface area contributed by atoms with Gasteiger partial charge >= 0.3 is 0 Å². The number of amides is 2. The van der Waals surface area contributed by atoms with Crippen LogP contribution >= 0.6 is 0 Å². The predicted octanol–water partition coefficient (Wildman–Crippen LogP) is 4.51. The minimum atomic E-state index is -0.582. The summed E-state index contributed by atoms with van der Waals surface area (Å²) < 4.78 is 16.0. The summed E-state index contributed by atoms with van der Waals surface area (Å²) >= 11 is 0. The van der Waals surface area contributed by atoms with E-state index in [-0.39, 0.29) is 24.3 Å². The molecule has 1 aliphatic carbocycles. The van der Waals surface area contributed by atoms with Crippen LogP contribution in [0.3, 0.4) is 0 Å². The molecule has 0 aliphatic heterocycles. The lowest BCUT2D eigenvalue weighted by Crippen LogP contribution is -2.50. The first-order chi connectivity index (χ1) is 16.9. The Morgan fingerprint density at radius 2 is 1.69 bits per heavy atom. The zero-order chi connectivity index (χ0) is 25.2. The summed E-state index contributed by atoms with van der Waals surface area (Å²) in [6.45, 7) is 2.15. The number of hydrogen-bond donors (Lipinski definition) is 1. The number of ether oxygens (including phenoxy) is 3. The van der Waals surface area contributed by atoms with Crippen LogP contribution in [0, 0.1) is 0 Å². The lowest BCUT2D eigenvalue weighted by atomic mass is 9.95. The number of nitrogens with zero attached hydrogens (tertiary/aromatic N) is 1. The Balaban J connectivity index is 1.74. The van der Waals surface area contributed by atoms with Gasteiger partial charge in [-0.3, -0.25) is 9.59 Å². The fraction of sp³-hybridized carbons (Fsp3) is 0.500. The maximum atomic E-state index is 13.4. The van der Waals surface area contributed by atoms with Crippen LogP contribution in [0.1, 0.15) is 56.6 Å². The summed E-state index contributed by atoms with van der Waals surface area (Å²) in [6.07, 6.45) is 6.31. The van der Waals surface area contributed by atoms with Gasteiger partial charge in [0.2, 0.25) is 11.8 Å². The monoisotopic (exact) mass is 482 g/mol. The van der Waals surface area contributed by atoms with Crippen molar-refractivity contribution in [3.8, 4) is 17.2 Å². The molecule has 0 unspecified atom stereocenters. The van der Waals surface area contributed by atoms with E-state index in [0.717, 1.165) is 42.6 Å². The molecule has 1 fully saturated rings. The molecule has 0 spiro atoms. The Morgan fingerprint density at radius 3 is 2.37 bits per heavy atom. The van der Waals surface area contributed by atoms with Crippen LogP contribution in [0.25, 0.3) is 0 Å². The summed E-state index contributed by atoms with van der Waals surface area (Å²) in [4.78, 5) is 28.3. The largest absolute Gasteiger partial charge is 0.497 e. The summed E-state index contributed by atoms with van der Waals surface area (Å²) in [6, 6.07) is 12.9. The van der Waals surface area contributed by atoms with Crippen LogP contribution in [0.5, 0.6) is 17.2 Å². The standard InChI is InChI=1S/C28H38N2O5/c1-20(28(32)29-23-10-6-5-7-11-23)30(19-22-9-8-12-24(17-22)33-2)27(31)16-14-21-13-15-25(34-3)26(18-21)35-4/h8-9,12-13,15,17-18,20,23H,5-7,10-11,14,16,19H2,1-4H3,(H,29,32)/t20-/m0/s1. The van der Waals surface area contributed by atoms with Crippen LogP contribution < -0.4 is 19.5 Å². The average Bonchev–Trinajstić information content (AvgIpc) is 2.90. The Bertz CT molecular complexity index is 987. The van der Waals surface area contributed by atoms with Crippen LogP contribution in [0.15, 0.2) is 42.5 Å². The lowest BCUT2D eigenvalue weighted by molar-refractivity contribution is -0.141. The first-order valence-corrected chi connectivity index (χ1v) is 12.4. The third-order valence-electron chi connectivity index (χ3n) is 6.68. The van der Waals surface area contributed by atoms with Crippen LogP contribution in [-0.4, -0.2) is 50.1 Å². The van der Waals surface area contributed by atoms with E-state index in [1.54, 1.807) is 26.2 Å². The summed E-state index contributed by atoms with van der Waals surface area (Å²) in [5.41, 5.74) is 1.89. The first-order valence-electron chi connectivity index (χ1n) is 12.4. The van der Waals surface area contributed by atoms with Crippen molar-refractivity contribution in [2.24, 2.45) is 0 Å². The molecule has 0 bridgehead atoms. The number of hydrogen-bond acceptors (Lipinski definition) is 5. The third-order valence-corrected chi connectivity index (χ3v) is 6.68. The van der Waals surface area contributed by atoms with Gasteiger partial charge in [-0.15, -0.1) is 0 Å². The summed E-state index contributed by atoms with van der Waals surface area (Å²) in [5.74, 6) is 1.83. The molecule has 2 aromatic rings. The van der Waals surface area contributed by atoms with Gasteiger partial charge in [0, 0.05) is 19.0 Å². The number of nitrogens with one attached hydrogen (secondary N) is 1. The van der Waals surface area contributed by atoms with Crippen LogP contribution in [0.4, 0.5) is 0 Å². The second-order valence-electron chi connectivity index (χ2n) is 9.08. The van der Waals surface area contributed by atoms with Gasteiger partial charge in [-0.1, -0.05) is 37.5 Å². The van der Waals surface area contributed by atoms with E-state index in [9.17, 15) is 9.59 Å². The Labute approximate surface area is 208 Å². The SMILES string of the molecule is COc1cccc(CN(C(=O)CCc2ccc(OC)c(OC)c2)[C@@H](C)C(=O)NC2CCCCC2)c1. The first kappa shape index (κ1) is 26.4. The normalized spacial score (nSPS) is 14.6. The molecule has 2 amide bonds. The van der Waals surface area contributed by atoms with Crippen molar-refractivity contribution in [3.05, 3.63) is 53.6 Å². The minimum Gasteiger partial charge on any atom is -0.497 e. The van der Waals surface area contributed by atoms with Gasteiger partial charge in [-0.05, 0) is 61.6 Å². The van der Waals surface area contributed by atoms with E-state index in [0.29, 0.717) is 24.5 Å². The maximum absolute atomic E-state index is 13.4. The van der Waals surface area contributed by atoms with Crippen molar-refractivity contribution in [2.75, 3.05) is 21.3 Å². The molecule has 7 heteroatoms. The molecule has 1 N–H and O–H groups in total. The van der Waals surface area contributed by atoms with Gasteiger partial charge in [0.1, 0.15) is 11.8 Å². The van der Waals surface area contributed by atoms with Crippen molar-refractivity contribution in [1.82, 2.24) is 10.2 Å². The molecule has 1 aliphatic rings. The molecule has 3 rings (SSSR count). The van der Waals surface area contributed by atoms with Gasteiger partial charge in [-0.25, -0.2) is 0 Å². The molecule has 7 nitrogen and oxygen atoms in total. The van der Waals surface area contributed by atoms with E-state index in [1.165, 1.54) is 6.42 Å². The quantitative estimate of drug-likeness (QED) is 0.510. The van der Waals surface area contributed by atoms with Crippen molar-refractivity contribution in [1.29, 1.82) is 0 Å². The van der Waals surface area contributed by atoms with Crippen LogP contribution in [-0.2, 0) is 22.6 Å². The highest BCUT2D eigenvalue weighted by molar-refractivity contribution is 5.87. The van der Waals surface area contributed by atoms with E-state index < -0.39 is 6.04 Å². The van der Waals surface area contributed by atoms with Gasteiger partial charge in [0.25, 0.3) is 0 Å². The smallest absolute Gasteiger partial charge is 0.242 e. The molecule has 1 atom stereocenters. The molecule has 35 heavy (non-hydrogen) atoms. The fourth-order valence-corrected chi connectivity index (χ4v) is 4.55. The molecule has 0 saturated heterocycles. The summed E-state index contributed by atoms with van der Waals surface area (Å²) in [5, 5.41) is 3.18. The summed E-state index contributed by atoms with van der Waals surface area (Å²) in [7, 11) is 4.80. The topological polar surface area (TPSA) is 77.1 Å². The minimum absolute atomic E-state index is 0.0751. The Morgan fingerprint density at radius 1 is 0.943 bits per heavy atom. The molecule has 0 aromatic heterocycles. The van der Waals surface area contributed by atoms with Gasteiger partial charge in [-0.2, -0.15) is 0 Å². The molecular weight excluding hydrogens is 444 g/mol. The highest BCUT2D eigenvalue weighted by Gasteiger charge is 2.28. The maximum Gasteiger partial charge on any atom is 0.242 e. The molecule has 0 heterocycles. The van der Waals surface area contributed by atoms with Crippen molar-refractivity contribution in [3.63, 3.8) is 0 Å². The number of methoxy groups -OCH3 is 3. The van der Waals surface area contributed by atoms with Crippen molar-refractivity contribution in [2.45, 2.75) is 70.5 Å². The number of rotatable bonds is 11. The highest BCUT2D eigenvalue weighted by atomic mass is 16.5. The van der Waals surface area contributed by atoms with Crippen molar-refractivity contribution >= 4 is 11.8 Å². The fourth-order valence-electron chi connectivity index (χ4n) is 4.55. The van der Waals surface area contributed by atoms with Gasteiger partial charge in [0.05, 0.1) is 21.3 Å². The van der Waals surface area contributed by atoms with E-state index in [2.05, 4.69) is 5.32 Å². The van der Waals surface area contributed by atoms with E-state index in [1.807, 2.05) is 49.4 Å². The Kier molecular flexibility index (Phi) is 9.82. The molecule has 190 valence electrons. The number of carbonyl (C=O) groups excluding carboxylic acids is 2. The highest BCUT2D eigenvalue weighted by Crippen LogP contribution is 2.28.